The summed E-state index contributed by atoms with van der Waals surface area (Å²) in [6, 6.07) is 0. The molecule has 0 spiro atoms. The van der Waals surface area contributed by atoms with Crippen molar-refractivity contribution >= 4 is 37.6 Å². The molecule has 22 heavy (non-hydrogen) atoms. The van der Waals surface area contributed by atoms with E-state index in [1.165, 1.54) is 0 Å². The second-order valence-corrected chi connectivity index (χ2v) is 6.52. The van der Waals surface area contributed by atoms with Gasteiger partial charge in [-0.25, -0.2) is 0 Å². The first-order valence-electron chi connectivity index (χ1n) is 6.62. The van der Waals surface area contributed by atoms with E-state index in [4.69, 9.17) is 5.11 Å². The molecule has 0 aromatic rings. The molecule has 0 radical (unpaired) electrons. The Labute approximate surface area is 145 Å². The smallest absolute Gasteiger partial charge is 0.206 e. The van der Waals surface area contributed by atoms with Gasteiger partial charge in [-0.3, -0.25) is 4.79 Å². The first-order valence-corrected chi connectivity index (χ1v) is 8.20. The molecule has 2 rings (SSSR count). The highest BCUT2D eigenvalue weighted by molar-refractivity contribution is 9.13. The summed E-state index contributed by atoms with van der Waals surface area (Å²) >= 11 is 6.48. The second kappa shape index (κ2) is 7.87. The van der Waals surface area contributed by atoms with E-state index in [1.807, 2.05) is 36.7 Å². The number of hydrogen-bond acceptors (Lipinski definition) is 4. The van der Waals surface area contributed by atoms with E-state index in [-0.39, 0.29) is 12.4 Å². The SMILES string of the molecule is O=C1C(Br)=CC(=CC=C2C=CN(CC(O)CO)C=C2)C=C1Br. The van der Waals surface area contributed by atoms with Gasteiger partial charge in [0.15, 0.2) is 0 Å². The normalized spacial score (nSPS) is 19.1. The molecule has 1 heterocycles. The number of hydrogen-bond donors (Lipinski definition) is 2. The van der Waals surface area contributed by atoms with E-state index < -0.39 is 6.10 Å². The van der Waals surface area contributed by atoms with Gasteiger partial charge in [0, 0.05) is 12.4 Å². The van der Waals surface area contributed by atoms with E-state index in [9.17, 15) is 9.90 Å². The van der Waals surface area contributed by atoms with Crippen molar-refractivity contribution in [2.45, 2.75) is 6.10 Å². The minimum atomic E-state index is -0.758. The van der Waals surface area contributed by atoms with Gasteiger partial charge in [0.2, 0.25) is 5.78 Å². The van der Waals surface area contributed by atoms with Crippen LogP contribution in [0.25, 0.3) is 0 Å². The third kappa shape index (κ3) is 4.64. The maximum Gasteiger partial charge on any atom is 0.206 e. The van der Waals surface area contributed by atoms with Crippen LogP contribution in [0.1, 0.15) is 0 Å². The Morgan fingerprint density at radius 1 is 1.09 bits per heavy atom. The van der Waals surface area contributed by atoms with Crippen molar-refractivity contribution in [2.24, 2.45) is 0 Å². The summed E-state index contributed by atoms with van der Waals surface area (Å²) in [5.41, 5.74) is 1.90. The van der Waals surface area contributed by atoms with Gasteiger partial charge in [-0.05, 0) is 67.3 Å². The molecule has 0 bridgehead atoms. The Hall–Kier alpha value is -1.21. The molecule has 2 aliphatic rings. The van der Waals surface area contributed by atoms with E-state index >= 15 is 0 Å². The predicted molar refractivity (Wildman–Crippen MR) is 93.3 cm³/mol. The van der Waals surface area contributed by atoms with Crippen molar-refractivity contribution < 1.29 is 15.0 Å². The lowest BCUT2D eigenvalue weighted by Gasteiger charge is -2.20. The molecule has 0 fully saturated rings. The van der Waals surface area contributed by atoms with Gasteiger partial charge in [0.1, 0.15) is 0 Å². The molecular weight excluding hydrogens is 414 g/mol. The fraction of sp³-hybridized carbons (Fsp3) is 0.188. The minimum absolute atomic E-state index is 0.0691. The van der Waals surface area contributed by atoms with E-state index in [1.54, 1.807) is 17.1 Å². The van der Waals surface area contributed by atoms with Gasteiger partial charge in [-0.15, -0.1) is 0 Å². The van der Waals surface area contributed by atoms with Crippen LogP contribution in [-0.4, -0.2) is 40.2 Å². The molecule has 1 aliphatic carbocycles. The van der Waals surface area contributed by atoms with Crippen molar-refractivity contribution in [2.75, 3.05) is 13.2 Å². The van der Waals surface area contributed by atoms with Crippen LogP contribution in [0.2, 0.25) is 0 Å². The van der Waals surface area contributed by atoms with Gasteiger partial charge < -0.3 is 15.1 Å². The Balaban J connectivity index is 2.04. The maximum absolute atomic E-state index is 11.6. The molecule has 4 nitrogen and oxygen atoms in total. The molecule has 2 N–H and O–H groups in total. The molecule has 6 heteroatoms. The highest BCUT2D eigenvalue weighted by atomic mass is 79.9. The molecule has 0 aromatic carbocycles. The van der Waals surface area contributed by atoms with Crippen LogP contribution >= 0.6 is 31.9 Å². The van der Waals surface area contributed by atoms with E-state index in [2.05, 4.69) is 31.9 Å². The van der Waals surface area contributed by atoms with Gasteiger partial charge in [0.25, 0.3) is 0 Å². The molecule has 0 aromatic heterocycles. The molecule has 1 unspecified atom stereocenters. The van der Waals surface area contributed by atoms with Crippen LogP contribution in [0.15, 0.2) is 69.0 Å². The van der Waals surface area contributed by atoms with Crippen LogP contribution in [0.3, 0.4) is 0 Å². The van der Waals surface area contributed by atoms with Crippen LogP contribution < -0.4 is 0 Å². The lowest BCUT2D eigenvalue weighted by molar-refractivity contribution is -0.110. The monoisotopic (exact) mass is 427 g/mol. The standard InChI is InChI=1S/C16H15Br2NO3/c17-14-7-12(8-15(18)16(14)22)2-1-11-3-5-19(6-4-11)9-13(21)10-20/h1-8,13,20-21H,9-10H2. The number of halogens is 2. The number of aliphatic hydroxyl groups excluding tert-OH is 2. The number of aliphatic hydroxyl groups is 2. The van der Waals surface area contributed by atoms with E-state index in [0.29, 0.717) is 15.5 Å². The number of carbonyl (C=O) groups is 1. The Morgan fingerprint density at radius 3 is 2.18 bits per heavy atom. The largest absolute Gasteiger partial charge is 0.394 e. The van der Waals surface area contributed by atoms with Gasteiger partial charge >= 0.3 is 0 Å². The van der Waals surface area contributed by atoms with Crippen molar-refractivity contribution in [1.29, 1.82) is 0 Å². The number of Topliss-reactive ketones (excluding diaryl/α,β-unsaturated/α-hetero) is 1. The number of carbonyl (C=O) groups excluding carboxylic acids is 1. The highest BCUT2D eigenvalue weighted by Crippen LogP contribution is 2.26. The second-order valence-electron chi connectivity index (χ2n) is 4.81. The average molecular weight is 429 g/mol. The molecule has 1 atom stereocenters. The summed E-state index contributed by atoms with van der Waals surface area (Å²) in [6.45, 7) is 0.0967. The molecule has 116 valence electrons. The summed E-state index contributed by atoms with van der Waals surface area (Å²) in [6.07, 6.45) is 14.1. The number of allylic oxidation sites excluding steroid dienone is 10. The van der Waals surface area contributed by atoms with Gasteiger partial charge in [-0.2, -0.15) is 0 Å². The summed E-state index contributed by atoms with van der Waals surface area (Å²) in [4.78, 5) is 13.4. The van der Waals surface area contributed by atoms with Crippen LogP contribution in [0.5, 0.6) is 0 Å². The zero-order valence-electron chi connectivity index (χ0n) is 11.6. The lowest BCUT2D eigenvalue weighted by atomic mass is 10.1. The molecular formula is C16H15Br2NO3. The quantitative estimate of drug-likeness (QED) is 0.722. The number of rotatable bonds is 4. The number of ketones is 1. The topological polar surface area (TPSA) is 60.8 Å². The van der Waals surface area contributed by atoms with Gasteiger partial charge in [-0.1, -0.05) is 12.2 Å². The molecule has 0 saturated carbocycles. The van der Waals surface area contributed by atoms with Crippen molar-refractivity contribution in [3.63, 3.8) is 0 Å². The number of β-amino-alcohol motifs (C(OH)–C–C–N with tert-alkyl or cyclic N) is 1. The zero-order chi connectivity index (χ0) is 16.1. The summed E-state index contributed by atoms with van der Waals surface area (Å²) in [7, 11) is 0. The van der Waals surface area contributed by atoms with Crippen LogP contribution in [-0.2, 0) is 4.79 Å². The average Bonchev–Trinajstić information content (AvgIpc) is 2.51. The highest BCUT2D eigenvalue weighted by Gasteiger charge is 2.15. The summed E-state index contributed by atoms with van der Waals surface area (Å²) < 4.78 is 1.04. The van der Waals surface area contributed by atoms with Crippen molar-refractivity contribution in [1.82, 2.24) is 4.90 Å². The van der Waals surface area contributed by atoms with Gasteiger partial charge in [0.05, 0.1) is 28.2 Å². The Bertz CT molecular complexity index is 602. The molecule has 1 aliphatic heterocycles. The third-order valence-electron chi connectivity index (χ3n) is 3.04. The Kier molecular flexibility index (Phi) is 6.14. The van der Waals surface area contributed by atoms with Crippen molar-refractivity contribution in [3.05, 3.63) is 69.0 Å². The van der Waals surface area contributed by atoms with Crippen molar-refractivity contribution in [3.8, 4) is 0 Å². The van der Waals surface area contributed by atoms with E-state index in [0.717, 1.165) is 11.1 Å². The predicted octanol–water partition coefficient (Wildman–Crippen LogP) is 2.68. The number of nitrogens with zero attached hydrogens (tertiary/aromatic N) is 1. The zero-order valence-corrected chi connectivity index (χ0v) is 14.8. The first kappa shape index (κ1) is 17.1. The summed E-state index contributed by atoms with van der Waals surface area (Å²) in [5, 5.41) is 18.2. The summed E-state index contributed by atoms with van der Waals surface area (Å²) in [5.74, 6) is -0.0691. The fourth-order valence-electron chi connectivity index (χ4n) is 1.87. The molecule has 0 amide bonds. The van der Waals surface area contributed by atoms with Crippen LogP contribution in [0, 0.1) is 0 Å². The maximum atomic E-state index is 11.6. The third-order valence-corrected chi connectivity index (χ3v) is 4.22. The minimum Gasteiger partial charge on any atom is -0.394 e. The fourth-order valence-corrected chi connectivity index (χ4v) is 3.09. The first-order chi connectivity index (χ1) is 10.5. The molecule has 0 saturated heterocycles. The van der Waals surface area contributed by atoms with Crippen LogP contribution in [0.4, 0.5) is 0 Å². The Morgan fingerprint density at radius 2 is 1.64 bits per heavy atom. The lowest BCUT2D eigenvalue weighted by Crippen LogP contribution is -2.27.